The van der Waals surface area contributed by atoms with Crippen LogP contribution in [0.1, 0.15) is 60.6 Å². The molecule has 1 aliphatic carbocycles. The number of amides is 1. The SMILES string of the molecule is COC1CCN(C[C@@]2(COc3nc4c(c(N5CCC[C@@](C)(O)C5)n3)CN(C(=O)c3cc(O)cc5cccc(I)c35)C4)CC2(F)F)CC1. The van der Waals surface area contributed by atoms with Gasteiger partial charge in [-0.05, 0) is 78.8 Å². The number of ether oxygens (including phenoxy) is 2. The van der Waals surface area contributed by atoms with Gasteiger partial charge in [-0.1, -0.05) is 12.1 Å². The molecule has 47 heavy (non-hydrogen) atoms. The van der Waals surface area contributed by atoms with Gasteiger partial charge in [0.2, 0.25) is 0 Å². The number of methoxy groups -OCH3 is 1. The highest BCUT2D eigenvalue weighted by atomic mass is 127. The molecule has 2 atom stereocenters. The van der Waals surface area contributed by atoms with Crippen molar-refractivity contribution in [3.8, 4) is 11.8 Å². The molecule has 2 saturated heterocycles. The highest BCUT2D eigenvalue weighted by Crippen LogP contribution is 2.61. The molecule has 252 valence electrons. The fraction of sp³-hybridized carbons (Fsp3) is 0.559. The van der Waals surface area contributed by atoms with Crippen LogP contribution in [0, 0.1) is 8.99 Å². The van der Waals surface area contributed by atoms with Gasteiger partial charge in [-0.15, -0.1) is 0 Å². The third kappa shape index (κ3) is 6.35. The average Bonchev–Trinajstić information content (AvgIpc) is 3.33. The van der Waals surface area contributed by atoms with Gasteiger partial charge in [0.05, 0.1) is 41.5 Å². The van der Waals surface area contributed by atoms with E-state index in [1.807, 2.05) is 23.1 Å². The fourth-order valence-electron chi connectivity index (χ4n) is 7.48. The van der Waals surface area contributed by atoms with Gasteiger partial charge in [0, 0.05) is 60.8 Å². The maximum atomic E-state index is 14.9. The fourth-order valence-corrected chi connectivity index (χ4v) is 8.29. The molecule has 4 aliphatic rings. The maximum Gasteiger partial charge on any atom is 0.318 e. The second-order valence-corrected chi connectivity index (χ2v) is 15.1. The van der Waals surface area contributed by atoms with Crippen molar-refractivity contribution in [2.75, 3.05) is 51.3 Å². The Kier molecular flexibility index (Phi) is 8.49. The Labute approximate surface area is 286 Å². The Bertz CT molecular complexity index is 1700. The topological polar surface area (TPSA) is 111 Å². The molecule has 1 saturated carbocycles. The van der Waals surface area contributed by atoms with Crippen LogP contribution < -0.4 is 9.64 Å². The quantitative estimate of drug-likeness (QED) is 0.308. The number of aromatic nitrogens is 2. The van der Waals surface area contributed by atoms with Crippen molar-refractivity contribution in [1.29, 1.82) is 0 Å². The van der Waals surface area contributed by atoms with Gasteiger partial charge in [0.15, 0.2) is 0 Å². The van der Waals surface area contributed by atoms with Crippen molar-refractivity contribution in [3.05, 3.63) is 50.7 Å². The lowest BCUT2D eigenvalue weighted by molar-refractivity contribution is -0.000671. The number of benzene rings is 2. The number of phenols is 1. The van der Waals surface area contributed by atoms with Crippen molar-refractivity contribution in [1.82, 2.24) is 19.8 Å². The number of hydrogen-bond donors (Lipinski definition) is 2. The molecule has 0 radical (unpaired) electrons. The molecule has 13 heteroatoms. The number of alkyl halides is 2. The number of aliphatic hydroxyl groups is 1. The number of carbonyl (C=O) groups is 1. The minimum absolute atomic E-state index is 0.000140. The molecule has 0 spiro atoms. The number of halogens is 3. The number of rotatable bonds is 8. The summed E-state index contributed by atoms with van der Waals surface area (Å²) in [5, 5.41) is 22.9. The molecule has 4 heterocycles. The summed E-state index contributed by atoms with van der Waals surface area (Å²) < 4.78 is 42.2. The zero-order valence-electron chi connectivity index (χ0n) is 26.6. The van der Waals surface area contributed by atoms with Crippen LogP contribution in [-0.2, 0) is 17.8 Å². The number of likely N-dealkylation sites (tertiary alicyclic amines) is 1. The summed E-state index contributed by atoms with van der Waals surface area (Å²) in [6.07, 6.45) is 2.91. The van der Waals surface area contributed by atoms with Crippen LogP contribution in [0.15, 0.2) is 30.3 Å². The molecule has 0 unspecified atom stereocenters. The van der Waals surface area contributed by atoms with Gasteiger partial charge in [-0.25, -0.2) is 8.78 Å². The highest BCUT2D eigenvalue weighted by Gasteiger charge is 2.72. The zero-order chi connectivity index (χ0) is 33.1. The predicted molar refractivity (Wildman–Crippen MR) is 180 cm³/mol. The molecule has 2 N–H and O–H groups in total. The molecular weight excluding hydrogens is 723 g/mol. The van der Waals surface area contributed by atoms with E-state index < -0.39 is 16.9 Å². The molecule has 3 fully saturated rings. The summed E-state index contributed by atoms with van der Waals surface area (Å²) in [4.78, 5) is 29.2. The molecule has 1 amide bonds. The van der Waals surface area contributed by atoms with Crippen LogP contribution in [0.4, 0.5) is 14.6 Å². The van der Waals surface area contributed by atoms with E-state index in [0.29, 0.717) is 49.7 Å². The Morgan fingerprint density at radius 2 is 1.91 bits per heavy atom. The van der Waals surface area contributed by atoms with E-state index in [1.165, 1.54) is 6.07 Å². The second-order valence-electron chi connectivity index (χ2n) is 13.9. The van der Waals surface area contributed by atoms with Gasteiger partial charge in [-0.3, -0.25) is 4.79 Å². The van der Waals surface area contributed by atoms with E-state index >= 15 is 0 Å². The number of hydrogen-bond acceptors (Lipinski definition) is 9. The second kappa shape index (κ2) is 12.2. The molecule has 1 aromatic heterocycles. The van der Waals surface area contributed by atoms with Crippen LogP contribution >= 0.6 is 22.6 Å². The number of aromatic hydroxyl groups is 1. The van der Waals surface area contributed by atoms with Crippen LogP contribution in [0.3, 0.4) is 0 Å². The summed E-state index contributed by atoms with van der Waals surface area (Å²) in [6.45, 7) is 4.54. The molecule has 7 rings (SSSR count). The molecule has 0 bridgehead atoms. The molecule has 10 nitrogen and oxygen atoms in total. The average molecular weight is 764 g/mol. The minimum Gasteiger partial charge on any atom is -0.508 e. The number of fused-ring (bicyclic) bond motifs is 2. The van der Waals surface area contributed by atoms with Crippen LogP contribution in [-0.4, -0.2) is 100.0 Å². The first kappa shape index (κ1) is 32.7. The Hall–Kier alpha value is -2.88. The van der Waals surface area contributed by atoms with E-state index in [9.17, 15) is 23.8 Å². The van der Waals surface area contributed by atoms with Gasteiger partial charge >= 0.3 is 6.01 Å². The monoisotopic (exact) mass is 763 g/mol. The van der Waals surface area contributed by atoms with Crippen molar-refractivity contribution >= 4 is 45.1 Å². The van der Waals surface area contributed by atoms with E-state index in [0.717, 1.165) is 39.2 Å². The normalized spacial score (nSPS) is 26.1. The van der Waals surface area contributed by atoms with Crippen molar-refractivity contribution in [2.24, 2.45) is 5.41 Å². The lowest BCUT2D eigenvalue weighted by atomic mass is 9.95. The Balaban J connectivity index is 1.16. The van der Waals surface area contributed by atoms with Gasteiger partial charge in [0.25, 0.3) is 11.8 Å². The Morgan fingerprint density at radius 3 is 2.62 bits per heavy atom. The van der Waals surface area contributed by atoms with E-state index in [2.05, 4.69) is 32.5 Å². The number of piperidine rings is 2. The highest BCUT2D eigenvalue weighted by molar-refractivity contribution is 14.1. The largest absolute Gasteiger partial charge is 0.508 e. The standard InChI is InChI=1S/C34H40F2IN5O5/c1-32(45)9-4-10-41(18-32)29-25-15-42(30(44)24-14-22(43)13-21-5-3-6-26(37)28(21)24)16-27(25)38-31(39-29)47-20-33(17-34(33,35)36)19-40-11-7-23(46-2)8-12-40/h3,5-6,13-14,23,43,45H,4,7-12,15-20H2,1-2H3/t32-,33-/m1/s1. The van der Waals surface area contributed by atoms with Crippen molar-refractivity contribution < 1.29 is 33.3 Å². The molecule has 3 aliphatic heterocycles. The predicted octanol–water partition coefficient (Wildman–Crippen LogP) is 4.96. The first-order chi connectivity index (χ1) is 22.4. The third-order valence-electron chi connectivity index (χ3n) is 10.2. The number of carbonyl (C=O) groups excluding carboxylic acids is 1. The first-order valence-electron chi connectivity index (χ1n) is 16.2. The number of β-amino-alcohol motifs (C(OH)–C–C–N with tert-alkyl or cyclic N) is 1. The summed E-state index contributed by atoms with van der Waals surface area (Å²) in [7, 11) is 1.69. The maximum absolute atomic E-state index is 14.9. The van der Waals surface area contributed by atoms with E-state index in [4.69, 9.17) is 14.5 Å². The van der Waals surface area contributed by atoms with Crippen LogP contribution in [0.25, 0.3) is 10.8 Å². The summed E-state index contributed by atoms with van der Waals surface area (Å²) in [6, 6.07) is 8.79. The minimum atomic E-state index is -2.85. The van der Waals surface area contributed by atoms with Crippen LogP contribution in [0.5, 0.6) is 11.8 Å². The first-order valence-corrected chi connectivity index (χ1v) is 17.3. The van der Waals surface area contributed by atoms with Crippen LogP contribution in [0.2, 0.25) is 0 Å². The third-order valence-corrected chi connectivity index (χ3v) is 11.1. The summed E-state index contributed by atoms with van der Waals surface area (Å²) in [5.41, 5.74) is -0.536. The van der Waals surface area contributed by atoms with Gasteiger partial charge < -0.3 is 34.4 Å². The number of anilines is 1. The Morgan fingerprint density at radius 1 is 1.15 bits per heavy atom. The number of phenolic OH excluding ortho intramolecular Hbond substituents is 1. The number of nitrogens with zero attached hydrogens (tertiary/aromatic N) is 5. The lowest BCUT2D eigenvalue weighted by Crippen LogP contribution is -2.47. The van der Waals surface area contributed by atoms with Crippen molar-refractivity contribution in [3.63, 3.8) is 0 Å². The lowest BCUT2D eigenvalue weighted by Gasteiger charge is -2.38. The smallest absolute Gasteiger partial charge is 0.318 e. The van der Waals surface area contributed by atoms with Gasteiger partial charge in [-0.2, -0.15) is 9.97 Å². The summed E-state index contributed by atoms with van der Waals surface area (Å²) >= 11 is 2.19. The van der Waals surface area contributed by atoms with E-state index in [1.54, 1.807) is 25.0 Å². The molecule has 2 aromatic carbocycles. The summed E-state index contributed by atoms with van der Waals surface area (Å²) in [5.74, 6) is -2.56. The van der Waals surface area contributed by atoms with Gasteiger partial charge in [0.1, 0.15) is 18.2 Å². The zero-order valence-corrected chi connectivity index (χ0v) is 28.8. The molecule has 3 aromatic rings. The van der Waals surface area contributed by atoms with E-state index in [-0.39, 0.29) is 56.4 Å². The molecular formula is C34H40F2IN5O5. The van der Waals surface area contributed by atoms with Crippen molar-refractivity contribution in [2.45, 2.75) is 69.7 Å².